The summed E-state index contributed by atoms with van der Waals surface area (Å²) in [5.74, 6) is -3.39. The molecule has 23 heavy (non-hydrogen) atoms. The van der Waals surface area contributed by atoms with Crippen LogP contribution in [-0.2, 0) is 15.0 Å². The van der Waals surface area contributed by atoms with Crippen LogP contribution in [0.2, 0.25) is 0 Å². The summed E-state index contributed by atoms with van der Waals surface area (Å²) in [6, 6.07) is -1.00. The number of rotatable bonds is 3. The van der Waals surface area contributed by atoms with E-state index in [1.165, 1.54) is 11.3 Å². The van der Waals surface area contributed by atoms with Crippen LogP contribution in [0.4, 0.5) is 0 Å². The highest BCUT2D eigenvalue weighted by molar-refractivity contribution is 7.10. The summed E-state index contributed by atoms with van der Waals surface area (Å²) < 4.78 is 0. The number of aromatic nitrogens is 1. The Morgan fingerprint density at radius 1 is 1.22 bits per heavy atom. The molecule has 0 unspecified atom stereocenters. The van der Waals surface area contributed by atoms with Crippen LogP contribution in [0.3, 0.4) is 0 Å². The van der Waals surface area contributed by atoms with Crippen LogP contribution in [0.1, 0.15) is 49.1 Å². The zero-order valence-corrected chi connectivity index (χ0v) is 14.1. The predicted molar refractivity (Wildman–Crippen MR) is 83.6 cm³/mol. The molecule has 2 heterocycles. The van der Waals surface area contributed by atoms with E-state index in [9.17, 15) is 19.5 Å². The van der Waals surface area contributed by atoms with Gasteiger partial charge in [-0.2, -0.15) is 0 Å². The molecule has 1 aromatic heterocycles. The third-order valence-corrected chi connectivity index (χ3v) is 5.11. The average Bonchev–Trinajstić information content (AvgIpc) is 2.95. The highest BCUT2D eigenvalue weighted by Crippen LogP contribution is 2.28. The number of carbonyl (C=O) groups is 3. The van der Waals surface area contributed by atoms with Gasteiger partial charge in [0, 0.05) is 17.3 Å². The van der Waals surface area contributed by atoms with Crippen LogP contribution in [0.25, 0.3) is 0 Å². The lowest BCUT2D eigenvalue weighted by Crippen LogP contribution is -2.52. The Morgan fingerprint density at radius 2 is 1.87 bits per heavy atom. The number of piperidine rings is 1. The first-order valence-corrected chi connectivity index (χ1v) is 8.22. The van der Waals surface area contributed by atoms with Crippen molar-refractivity contribution < 1.29 is 24.6 Å². The summed E-state index contributed by atoms with van der Waals surface area (Å²) in [6.07, 6.45) is 0.384. The molecule has 1 fully saturated rings. The SMILES string of the molecule is CC(C)(C)c1nc(C(=O)N2C[C@H](C(=O)O)CC[C@H]2C(=O)O)cs1. The Hall–Kier alpha value is -1.96. The topological polar surface area (TPSA) is 108 Å². The van der Waals surface area contributed by atoms with Crippen LogP contribution >= 0.6 is 11.3 Å². The number of likely N-dealkylation sites (tertiary alicyclic amines) is 1. The first-order chi connectivity index (χ1) is 10.6. The van der Waals surface area contributed by atoms with Crippen LogP contribution in [-0.4, -0.2) is 50.5 Å². The molecule has 2 atom stereocenters. The molecule has 2 rings (SSSR count). The molecule has 0 saturated carbocycles. The molecule has 126 valence electrons. The predicted octanol–water partition coefficient (Wildman–Crippen LogP) is 1.83. The van der Waals surface area contributed by atoms with Gasteiger partial charge in [-0.05, 0) is 12.8 Å². The standard InChI is InChI=1S/C15H20N2O5S/c1-15(2,3)14-16-9(7-23-14)11(18)17-6-8(12(19)20)4-5-10(17)13(21)22/h7-8,10H,4-6H2,1-3H3,(H,19,20)(H,21,22)/t8-,10+/m1/s1. The van der Waals surface area contributed by atoms with Crippen molar-refractivity contribution >= 4 is 29.2 Å². The Morgan fingerprint density at radius 3 is 2.35 bits per heavy atom. The second-order valence-corrected chi connectivity index (χ2v) is 7.57. The van der Waals surface area contributed by atoms with E-state index in [4.69, 9.17) is 5.11 Å². The molecule has 0 aliphatic carbocycles. The van der Waals surface area contributed by atoms with Crippen molar-refractivity contribution in [2.75, 3.05) is 6.54 Å². The second kappa shape index (κ2) is 6.27. The summed E-state index contributed by atoms with van der Waals surface area (Å²) in [5.41, 5.74) is -0.0295. The number of amides is 1. The van der Waals surface area contributed by atoms with E-state index in [-0.39, 0.29) is 30.5 Å². The van der Waals surface area contributed by atoms with Crippen molar-refractivity contribution in [1.82, 2.24) is 9.88 Å². The molecule has 1 aliphatic heterocycles. The van der Waals surface area contributed by atoms with Gasteiger partial charge in [0.2, 0.25) is 0 Å². The average molecular weight is 340 g/mol. The van der Waals surface area contributed by atoms with Crippen LogP contribution in [0.5, 0.6) is 0 Å². The van der Waals surface area contributed by atoms with E-state index in [1.54, 1.807) is 5.38 Å². The van der Waals surface area contributed by atoms with Gasteiger partial charge in [-0.25, -0.2) is 9.78 Å². The highest BCUT2D eigenvalue weighted by Gasteiger charge is 2.39. The van der Waals surface area contributed by atoms with Gasteiger partial charge in [0.1, 0.15) is 11.7 Å². The van der Waals surface area contributed by atoms with Crippen LogP contribution in [0, 0.1) is 5.92 Å². The van der Waals surface area contributed by atoms with Crippen molar-refractivity contribution in [3.63, 3.8) is 0 Å². The lowest BCUT2D eigenvalue weighted by atomic mass is 9.92. The Kier molecular flexibility index (Phi) is 4.74. The van der Waals surface area contributed by atoms with Crippen molar-refractivity contribution in [1.29, 1.82) is 0 Å². The summed E-state index contributed by atoms with van der Waals surface area (Å²) in [5, 5.41) is 20.8. The minimum Gasteiger partial charge on any atom is -0.481 e. The van der Waals surface area contributed by atoms with E-state index >= 15 is 0 Å². The zero-order valence-electron chi connectivity index (χ0n) is 13.3. The third kappa shape index (κ3) is 3.69. The van der Waals surface area contributed by atoms with Gasteiger partial charge in [0.25, 0.3) is 5.91 Å². The van der Waals surface area contributed by atoms with Crippen molar-refractivity contribution in [2.45, 2.75) is 45.1 Å². The molecule has 0 spiro atoms. The monoisotopic (exact) mass is 340 g/mol. The number of thiazole rings is 1. The van der Waals surface area contributed by atoms with Gasteiger partial charge in [0.15, 0.2) is 0 Å². The van der Waals surface area contributed by atoms with Gasteiger partial charge in [-0.15, -0.1) is 11.3 Å². The molecule has 1 aromatic rings. The van der Waals surface area contributed by atoms with E-state index < -0.39 is 29.8 Å². The maximum atomic E-state index is 12.6. The fourth-order valence-corrected chi connectivity index (χ4v) is 3.40. The van der Waals surface area contributed by atoms with Crippen LogP contribution in [0.15, 0.2) is 5.38 Å². The van der Waals surface area contributed by atoms with Crippen LogP contribution < -0.4 is 0 Å². The third-order valence-electron chi connectivity index (χ3n) is 3.84. The van der Waals surface area contributed by atoms with Crippen molar-refractivity contribution in [3.05, 3.63) is 16.1 Å². The molecule has 0 radical (unpaired) electrons. The van der Waals surface area contributed by atoms with Crippen molar-refractivity contribution in [3.8, 4) is 0 Å². The number of aliphatic carboxylic acids is 2. The summed E-state index contributed by atoms with van der Waals surface area (Å²) in [4.78, 5) is 40.6. The van der Waals surface area contributed by atoms with Gasteiger partial charge < -0.3 is 15.1 Å². The molecule has 8 heteroatoms. The Balaban J connectivity index is 2.27. The number of nitrogens with zero attached hydrogens (tertiary/aromatic N) is 2. The lowest BCUT2D eigenvalue weighted by Gasteiger charge is -2.35. The van der Waals surface area contributed by atoms with E-state index in [0.717, 1.165) is 9.91 Å². The lowest BCUT2D eigenvalue weighted by molar-refractivity contribution is -0.150. The summed E-state index contributed by atoms with van der Waals surface area (Å²) in [7, 11) is 0. The van der Waals surface area contributed by atoms with Gasteiger partial charge in [0.05, 0.1) is 10.9 Å². The minimum atomic E-state index is -1.12. The number of hydrogen-bond acceptors (Lipinski definition) is 5. The van der Waals surface area contributed by atoms with Gasteiger partial charge in [-0.3, -0.25) is 9.59 Å². The molecule has 1 saturated heterocycles. The second-order valence-electron chi connectivity index (χ2n) is 6.71. The number of hydrogen-bond donors (Lipinski definition) is 2. The molecule has 1 amide bonds. The number of carboxylic acids is 2. The quantitative estimate of drug-likeness (QED) is 0.869. The summed E-state index contributed by atoms with van der Waals surface area (Å²) >= 11 is 1.34. The smallest absolute Gasteiger partial charge is 0.326 e. The maximum absolute atomic E-state index is 12.6. The van der Waals surface area contributed by atoms with Crippen molar-refractivity contribution in [2.24, 2.45) is 5.92 Å². The summed E-state index contributed by atoms with van der Waals surface area (Å²) in [6.45, 7) is 5.82. The van der Waals surface area contributed by atoms with Gasteiger partial charge in [-0.1, -0.05) is 20.8 Å². The van der Waals surface area contributed by atoms with Gasteiger partial charge >= 0.3 is 11.9 Å². The maximum Gasteiger partial charge on any atom is 0.326 e. The normalized spacial score (nSPS) is 22.0. The highest BCUT2D eigenvalue weighted by atomic mass is 32.1. The molecule has 2 N–H and O–H groups in total. The first kappa shape index (κ1) is 17.4. The molecule has 0 aromatic carbocycles. The molecular weight excluding hydrogens is 320 g/mol. The fraction of sp³-hybridized carbons (Fsp3) is 0.600. The molecule has 1 aliphatic rings. The van der Waals surface area contributed by atoms with E-state index in [1.807, 2.05) is 20.8 Å². The van der Waals surface area contributed by atoms with E-state index in [0.29, 0.717) is 0 Å². The Bertz CT molecular complexity index is 634. The fourth-order valence-electron chi connectivity index (χ4n) is 2.52. The number of carboxylic acid groups (broad SMARTS) is 2. The first-order valence-electron chi connectivity index (χ1n) is 7.34. The zero-order chi connectivity index (χ0) is 17.4. The molecule has 0 bridgehead atoms. The minimum absolute atomic E-state index is 0.104. The Labute approximate surface area is 137 Å². The molecular formula is C15H20N2O5S. The number of carbonyl (C=O) groups excluding carboxylic acids is 1. The largest absolute Gasteiger partial charge is 0.481 e. The van der Waals surface area contributed by atoms with E-state index in [2.05, 4.69) is 4.98 Å². The molecule has 7 nitrogen and oxygen atoms in total.